The molecule has 0 fully saturated rings. The third-order valence-electron chi connectivity index (χ3n) is 3.05. The Hall–Kier alpha value is -0.980. The molecule has 8 heteroatoms. The van der Waals surface area contributed by atoms with Crippen molar-refractivity contribution < 1.29 is 17.9 Å². The molecular weight excluding hydrogens is 337 g/mol. The maximum Gasteiger partial charge on any atom is 0.265 e. The number of carbonyl (C=O) groups excluding carboxylic acids is 1. The third-order valence-corrected chi connectivity index (χ3v) is 4.60. The maximum atomic E-state index is 12.3. The van der Waals surface area contributed by atoms with Crippen LogP contribution in [0.3, 0.4) is 0 Å². The molecule has 0 spiro atoms. The molecule has 0 aromatic heterocycles. The van der Waals surface area contributed by atoms with Gasteiger partial charge in [-0.15, -0.1) is 0 Å². The Kier molecular flexibility index (Phi) is 6.31. The van der Waals surface area contributed by atoms with Crippen molar-refractivity contribution >= 4 is 37.2 Å². The molecule has 1 aromatic carbocycles. The van der Waals surface area contributed by atoms with E-state index >= 15 is 0 Å². The number of methoxy groups -OCH3 is 1. The molecule has 5 nitrogen and oxygen atoms in total. The summed E-state index contributed by atoms with van der Waals surface area (Å²) >= 11 is 5.87. The Balaban J connectivity index is 3.36. The molecule has 118 valence electrons. The lowest BCUT2D eigenvalue weighted by molar-refractivity contribution is 0.0931. The van der Waals surface area contributed by atoms with E-state index in [-0.39, 0.29) is 27.3 Å². The van der Waals surface area contributed by atoms with Crippen LogP contribution in [0.5, 0.6) is 5.75 Å². The van der Waals surface area contributed by atoms with Crippen molar-refractivity contribution in [1.82, 2.24) is 5.32 Å². The van der Waals surface area contributed by atoms with Gasteiger partial charge in [0, 0.05) is 21.7 Å². The summed E-state index contributed by atoms with van der Waals surface area (Å²) in [5.41, 5.74) is 0.0381. The molecular formula is C13H17Cl2NO4S. The number of hydrogen-bond acceptors (Lipinski definition) is 4. The van der Waals surface area contributed by atoms with Gasteiger partial charge in [0.25, 0.3) is 15.0 Å². The smallest absolute Gasteiger partial charge is 0.265 e. The summed E-state index contributed by atoms with van der Waals surface area (Å²) in [6.45, 7) is 3.89. The highest BCUT2D eigenvalue weighted by Crippen LogP contribution is 2.33. The minimum atomic E-state index is -4.08. The van der Waals surface area contributed by atoms with Gasteiger partial charge in [0.15, 0.2) is 5.75 Å². The van der Waals surface area contributed by atoms with Gasteiger partial charge < -0.3 is 10.1 Å². The molecule has 1 rings (SSSR count). The fourth-order valence-corrected chi connectivity index (χ4v) is 3.19. The predicted octanol–water partition coefficient (Wildman–Crippen LogP) is 3.19. The zero-order valence-corrected chi connectivity index (χ0v) is 14.3. The van der Waals surface area contributed by atoms with E-state index < -0.39 is 15.0 Å². The molecule has 0 bridgehead atoms. The van der Waals surface area contributed by atoms with E-state index in [1.165, 1.54) is 13.2 Å². The second-order valence-electron chi connectivity index (χ2n) is 4.41. The normalized spacial score (nSPS) is 11.5. The summed E-state index contributed by atoms with van der Waals surface area (Å²) in [5, 5.41) is 2.89. The Morgan fingerprint density at radius 3 is 2.33 bits per heavy atom. The first kappa shape index (κ1) is 18.1. The first-order chi connectivity index (χ1) is 9.74. The molecule has 0 heterocycles. The van der Waals surface area contributed by atoms with Crippen LogP contribution in [-0.4, -0.2) is 27.5 Å². The number of nitrogens with one attached hydrogen (secondary N) is 1. The highest BCUT2D eigenvalue weighted by atomic mass is 35.7. The first-order valence-corrected chi connectivity index (χ1v) is 9.06. The van der Waals surface area contributed by atoms with E-state index in [1.807, 2.05) is 13.8 Å². The summed E-state index contributed by atoms with van der Waals surface area (Å²) < 4.78 is 28.2. The van der Waals surface area contributed by atoms with Gasteiger partial charge in [0.05, 0.1) is 12.7 Å². The molecule has 0 radical (unpaired) electrons. The molecule has 1 aromatic rings. The molecule has 0 atom stereocenters. The Bertz CT molecular complexity index is 627. The average Bonchev–Trinajstić information content (AvgIpc) is 2.42. The molecule has 0 aliphatic heterocycles. The molecule has 0 aliphatic rings. The summed E-state index contributed by atoms with van der Waals surface area (Å²) in [7, 11) is 2.54. The maximum absolute atomic E-state index is 12.3. The van der Waals surface area contributed by atoms with Crippen LogP contribution < -0.4 is 10.1 Å². The number of hydrogen-bond donors (Lipinski definition) is 1. The molecule has 0 saturated carbocycles. The van der Waals surface area contributed by atoms with E-state index in [2.05, 4.69) is 5.32 Å². The van der Waals surface area contributed by atoms with Crippen molar-refractivity contribution in [3.8, 4) is 5.75 Å². The van der Waals surface area contributed by atoms with Crippen molar-refractivity contribution in [3.63, 3.8) is 0 Å². The fraction of sp³-hybridized carbons (Fsp3) is 0.462. The van der Waals surface area contributed by atoms with Gasteiger partial charge in [-0.05, 0) is 25.0 Å². The minimum Gasteiger partial charge on any atom is -0.494 e. The van der Waals surface area contributed by atoms with Crippen LogP contribution in [0.25, 0.3) is 0 Å². The van der Waals surface area contributed by atoms with E-state index in [4.69, 9.17) is 27.0 Å². The van der Waals surface area contributed by atoms with Crippen LogP contribution in [0.2, 0.25) is 5.02 Å². The molecule has 0 unspecified atom stereocenters. The average molecular weight is 354 g/mol. The summed E-state index contributed by atoms with van der Waals surface area (Å²) in [4.78, 5) is 12.0. The van der Waals surface area contributed by atoms with E-state index in [0.717, 1.165) is 18.9 Å². The van der Waals surface area contributed by atoms with Crippen LogP contribution in [0, 0.1) is 0 Å². The largest absolute Gasteiger partial charge is 0.494 e. The highest BCUT2D eigenvalue weighted by Gasteiger charge is 2.25. The number of benzene rings is 1. The SMILES string of the molecule is CCC(CC)NC(=O)c1cc(Cl)cc(S(=O)(=O)Cl)c1OC. The monoisotopic (exact) mass is 353 g/mol. The van der Waals surface area contributed by atoms with Crippen LogP contribution in [0.15, 0.2) is 17.0 Å². The molecule has 21 heavy (non-hydrogen) atoms. The van der Waals surface area contributed by atoms with Gasteiger partial charge in [-0.2, -0.15) is 0 Å². The van der Waals surface area contributed by atoms with Crippen molar-refractivity contribution in [2.45, 2.75) is 37.6 Å². The third kappa shape index (κ3) is 4.49. The molecule has 0 aliphatic carbocycles. The quantitative estimate of drug-likeness (QED) is 0.797. The Labute approximate surface area is 134 Å². The van der Waals surface area contributed by atoms with Gasteiger partial charge in [0.1, 0.15) is 4.90 Å². The zero-order valence-electron chi connectivity index (χ0n) is 11.9. The minimum absolute atomic E-state index is 0.0164. The van der Waals surface area contributed by atoms with Crippen molar-refractivity contribution in [2.24, 2.45) is 0 Å². The van der Waals surface area contributed by atoms with Crippen LogP contribution in [0.1, 0.15) is 37.0 Å². The Morgan fingerprint density at radius 2 is 1.90 bits per heavy atom. The van der Waals surface area contributed by atoms with Gasteiger partial charge >= 0.3 is 0 Å². The van der Waals surface area contributed by atoms with Crippen molar-refractivity contribution in [1.29, 1.82) is 0 Å². The summed E-state index contributed by atoms with van der Waals surface area (Å²) in [6, 6.07) is 2.48. The lowest BCUT2D eigenvalue weighted by Gasteiger charge is -2.17. The van der Waals surface area contributed by atoms with E-state index in [1.54, 1.807) is 0 Å². The van der Waals surface area contributed by atoms with E-state index in [0.29, 0.717) is 0 Å². The van der Waals surface area contributed by atoms with E-state index in [9.17, 15) is 13.2 Å². The number of carbonyl (C=O) groups is 1. The standard InChI is InChI=1S/C13H17Cl2NO4S/c1-4-9(5-2)16-13(17)10-6-8(14)7-11(12(10)20-3)21(15,18)19/h6-7,9H,4-5H2,1-3H3,(H,16,17). The van der Waals surface area contributed by atoms with Crippen molar-refractivity contribution in [3.05, 3.63) is 22.7 Å². The van der Waals surface area contributed by atoms with Gasteiger partial charge in [-0.1, -0.05) is 25.4 Å². The van der Waals surface area contributed by atoms with Crippen LogP contribution >= 0.6 is 22.3 Å². The molecule has 1 amide bonds. The van der Waals surface area contributed by atoms with Gasteiger partial charge in [0.2, 0.25) is 0 Å². The molecule has 1 N–H and O–H groups in total. The second-order valence-corrected chi connectivity index (χ2v) is 7.38. The highest BCUT2D eigenvalue weighted by molar-refractivity contribution is 8.13. The predicted molar refractivity (Wildman–Crippen MR) is 82.9 cm³/mol. The number of amides is 1. The van der Waals surface area contributed by atoms with Crippen molar-refractivity contribution in [2.75, 3.05) is 7.11 Å². The summed E-state index contributed by atoms with van der Waals surface area (Å²) in [6.07, 6.45) is 1.51. The Morgan fingerprint density at radius 1 is 1.33 bits per heavy atom. The zero-order chi connectivity index (χ0) is 16.2. The lowest BCUT2D eigenvalue weighted by atomic mass is 10.1. The number of rotatable bonds is 6. The summed E-state index contributed by atoms with van der Waals surface area (Å²) in [5.74, 6) is -0.567. The molecule has 0 saturated heterocycles. The van der Waals surface area contributed by atoms with Crippen LogP contribution in [0.4, 0.5) is 0 Å². The second kappa shape index (κ2) is 7.33. The van der Waals surface area contributed by atoms with Crippen LogP contribution in [-0.2, 0) is 9.05 Å². The fourth-order valence-electron chi connectivity index (χ4n) is 1.88. The number of halogens is 2. The lowest BCUT2D eigenvalue weighted by Crippen LogP contribution is -2.34. The van der Waals surface area contributed by atoms with Gasteiger partial charge in [-0.3, -0.25) is 4.79 Å². The topological polar surface area (TPSA) is 72.5 Å². The number of ether oxygens (including phenoxy) is 1. The van der Waals surface area contributed by atoms with Gasteiger partial charge in [-0.25, -0.2) is 8.42 Å². The first-order valence-electron chi connectivity index (χ1n) is 6.37.